The SMILES string of the molecule is COc1nc(OCCF)nc(OCC(F)(F)F)c1CN1C[C@@H]2CN(C(=O)CCO)CCN2[C@H](C(c2ccccc2)c2ccccc2)C1. The zero-order chi connectivity index (χ0) is 33.4. The number of carbonyl (C=O) groups is 1. The first-order valence-electron chi connectivity index (χ1n) is 15.5. The number of aliphatic hydroxyl groups is 1. The monoisotopic (exact) mass is 661 g/mol. The van der Waals surface area contributed by atoms with Crippen LogP contribution in [0.4, 0.5) is 17.6 Å². The molecule has 1 aromatic heterocycles. The molecule has 0 bridgehead atoms. The van der Waals surface area contributed by atoms with Crippen molar-refractivity contribution in [3.63, 3.8) is 0 Å². The van der Waals surface area contributed by atoms with Gasteiger partial charge in [-0.15, -0.1) is 0 Å². The zero-order valence-corrected chi connectivity index (χ0v) is 26.1. The van der Waals surface area contributed by atoms with E-state index >= 15 is 0 Å². The first kappa shape index (κ1) is 34.3. The second-order valence-electron chi connectivity index (χ2n) is 11.5. The maximum Gasteiger partial charge on any atom is 0.422 e. The molecule has 47 heavy (non-hydrogen) atoms. The predicted octanol–water partition coefficient (Wildman–Crippen LogP) is 3.69. The molecule has 3 aromatic rings. The first-order valence-corrected chi connectivity index (χ1v) is 15.5. The van der Waals surface area contributed by atoms with E-state index in [0.29, 0.717) is 32.7 Å². The Labute approximate surface area is 270 Å². The fraction of sp³-hybridized carbons (Fsp3) is 0.485. The van der Waals surface area contributed by atoms with Gasteiger partial charge in [0.15, 0.2) is 6.61 Å². The molecule has 0 aliphatic carbocycles. The maximum atomic E-state index is 13.3. The van der Waals surface area contributed by atoms with Crippen LogP contribution in [-0.2, 0) is 11.3 Å². The van der Waals surface area contributed by atoms with E-state index in [2.05, 4.69) is 44.0 Å². The topological polar surface area (TPSA) is 100 Å². The smallest absolute Gasteiger partial charge is 0.422 e. The third-order valence-corrected chi connectivity index (χ3v) is 8.42. The number of halogens is 4. The van der Waals surface area contributed by atoms with E-state index in [9.17, 15) is 27.5 Å². The molecular weight excluding hydrogens is 622 g/mol. The number of methoxy groups -OCH3 is 1. The highest BCUT2D eigenvalue weighted by molar-refractivity contribution is 5.76. The highest BCUT2D eigenvalue weighted by Gasteiger charge is 2.43. The van der Waals surface area contributed by atoms with Gasteiger partial charge in [0.1, 0.15) is 13.3 Å². The lowest BCUT2D eigenvalue weighted by Gasteiger charge is -2.53. The molecule has 2 saturated heterocycles. The van der Waals surface area contributed by atoms with Crippen LogP contribution in [0.5, 0.6) is 17.8 Å². The normalized spacial score (nSPS) is 19.0. The van der Waals surface area contributed by atoms with E-state index in [0.717, 1.165) is 11.1 Å². The molecule has 10 nitrogen and oxygen atoms in total. The van der Waals surface area contributed by atoms with Crippen molar-refractivity contribution >= 4 is 5.91 Å². The van der Waals surface area contributed by atoms with Gasteiger partial charge in [0.05, 0.1) is 19.3 Å². The highest BCUT2D eigenvalue weighted by atomic mass is 19.4. The minimum Gasteiger partial charge on any atom is -0.481 e. The average Bonchev–Trinajstić information content (AvgIpc) is 3.07. The number of amides is 1. The molecule has 1 amide bonds. The standard InChI is InChI=1S/C33H39F4N5O5/c1-45-30-26(31(47-22-33(35,36)37)39-32(38-30)46-17-13-34)20-40-18-25-19-41(28(44)12-16-43)14-15-42(25)27(21-40)29(23-8-4-2-5-9-23)24-10-6-3-7-11-24/h2-11,25,27,29,43H,12-22H2,1H3/t25-,27+/m1/s1. The van der Waals surface area contributed by atoms with Gasteiger partial charge in [-0.1, -0.05) is 60.7 Å². The van der Waals surface area contributed by atoms with E-state index < -0.39 is 26.1 Å². The Morgan fingerprint density at radius 1 is 0.957 bits per heavy atom. The summed E-state index contributed by atoms with van der Waals surface area (Å²) < 4.78 is 68.5. The summed E-state index contributed by atoms with van der Waals surface area (Å²) in [6.45, 7) is -0.482. The molecule has 0 unspecified atom stereocenters. The number of nitrogens with zero attached hydrogens (tertiary/aromatic N) is 5. The summed E-state index contributed by atoms with van der Waals surface area (Å²) in [4.78, 5) is 27.4. The number of fused-ring (bicyclic) bond motifs is 1. The maximum absolute atomic E-state index is 13.3. The van der Waals surface area contributed by atoms with Crippen molar-refractivity contribution in [2.24, 2.45) is 0 Å². The van der Waals surface area contributed by atoms with Crippen LogP contribution in [0.1, 0.15) is 29.0 Å². The minimum absolute atomic E-state index is 0.0296. The average molecular weight is 662 g/mol. The van der Waals surface area contributed by atoms with Gasteiger partial charge in [0.2, 0.25) is 17.7 Å². The number of rotatable bonds is 13. The molecule has 254 valence electrons. The number of aromatic nitrogens is 2. The van der Waals surface area contributed by atoms with Crippen molar-refractivity contribution in [2.45, 2.75) is 37.1 Å². The molecule has 0 saturated carbocycles. The summed E-state index contributed by atoms with van der Waals surface area (Å²) in [6, 6.07) is 19.7. The van der Waals surface area contributed by atoms with Gasteiger partial charge in [0, 0.05) is 63.7 Å². The minimum atomic E-state index is -4.64. The lowest BCUT2D eigenvalue weighted by atomic mass is 9.81. The summed E-state index contributed by atoms with van der Waals surface area (Å²) in [5, 5.41) is 9.41. The molecule has 0 spiro atoms. The number of ether oxygens (including phenoxy) is 3. The Balaban J connectivity index is 1.53. The number of benzene rings is 2. The summed E-state index contributed by atoms with van der Waals surface area (Å²) >= 11 is 0. The van der Waals surface area contributed by atoms with Gasteiger partial charge in [-0.05, 0) is 11.1 Å². The van der Waals surface area contributed by atoms with Crippen molar-refractivity contribution in [1.82, 2.24) is 24.7 Å². The Morgan fingerprint density at radius 2 is 1.62 bits per heavy atom. The Kier molecular flexibility index (Phi) is 11.5. The van der Waals surface area contributed by atoms with Gasteiger partial charge in [-0.3, -0.25) is 14.6 Å². The van der Waals surface area contributed by atoms with Crippen molar-refractivity contribution in [2.75, 3.05) is 66.3 Å². The van der Waals surface area contributed by atoms with Gasteiger partial charge in [-0.2, -0.15) is 23.1 Å². The number of hydrogen-bond donors (Lipinski definition) is 1. The van der Waals surface area contributed by atoms with Gasteiger partial charge in [-0.25, -0.2) is 4.39 Å². The van der Waals surface area contributed by atoms with Crippen LogP contribution in [-0.4, -0.2) is 120 Å². The van der Waals surface area contributed by atoms with E-state index in [4.69, 9.17) is 14.2 Å². The number of alkyl halides is 4. The predicted molar refractivity (Wildman–Crippen MR) is 164 cm³/mol. The van der Waals surface area contributed by atoms with Crippen molar-refractivity contribution < 1.29 is 41.7 Å². The Morgan fingerprint density at radius 3 is 2.21 bits per heavy atom. The molecule has 2 fully saturated rings. The van der Waals surface area contributed by atoms with Crippen LogP contribution in [0, 0.1) is 0 Å². The molecule has 0 radical (unpaired) electrons. The fourth-order valence-corrected chi connectivity index (χ4v) is 6.49. The highest BCUT2D eigenvalue weighted by Crippen LogP contribution is 2.38. The first-order chi connectivity index (χ1) is 22.7. The molecule has 14 heteroatoms. The molecule has 2 atom stereocenters. The lowest BCUT2D eigenvalue weighted by Crippen LogP contribution is -2.67. The molecule has 5 rings (SSSR count). The zero-order valence-electron chi connectivity index (χ0n) is 26.1. The van der Waals surface area contributed by atoms with Crippen LogP contribution in [0.3, 0.4) is 0 Å². The number of piperazine rings is 2. The third kappa shape index (κ3) is 8.67. The van der Waals surface area contributed by atoms with E-state index in [-0.39, 0.29) is 66.8 Å². The van der Waals surface area contributed by atoms with Gasteiger partial charge >= 0.3 is 12.2 Å². The van der Waals surface area contributed by atoms with Crippen LogP contribution in [0.25, 0.3) is 0 Å². The molecule has 3 heterocycles. The van der Waals surface area contributed by atoms with Crippen molar-refractivity contribution in [3.8, 4) is 17.8 Å². The summed E-state index contributed by atoms with van der Waals surface area (Å²) in [5.41, 5.74) is 2.40. The van der Waals surface area contributed by atoms with Crippen LogP contribution in [0.2, 0.25) is 0 Å². The molecular formula is C33H39F4N5O5. The van der Waals surface area contributed by atoms with Crippen LogP contribution < -0.4 is 14.2 Å². The van der Waals surface area contributed by atoms with E-state index in [1.54, 1.807) is 4.90 Å². The number of hydrogen-bond acceptors (Lipinski definition) is 9. The number of carbonyl (C=O) groups excluding carboxylic acids is 1. The second-order valence-corrected chi connectivity index (χ2v) is 11.5. The van der Waals surface area contributed by atoms with E-state index in [1.165, 1.54) is 7.11 Å². The molecule has 2 aliphatic rings. The summed E-state index contributed by atoms with van der Waals surface area (Å²) in [5.74, 6) is -0.618. The molecule has 2 aliphatic heterocycles. The van der Waals surface area contributed by atoms with Crippen molar-refractivity contribution in [3.05, 3.63) is 77.4 Å². The quantitative estimate of drug-likeness (QED) is 0.275. The fourth-order valence-electron chi connectivity index (χ4n) is 6.49. The van der Waals surface area contributed by atoms with Gasteiger partial charge < -0.3 is 24.2 Å². The lowest BCUT2D eigenvalue weighted by molar-refractivity contribution is -0.154. The van der Waals surface area contributed by atoms with Crippen molar-refractivity contribution in [1.29, 1.82) is 0 Å². The largest absolute Gasteiger partial charge is 0.481 e. The summed E-state index contributed by atoms with van der Waals surface area (Å²) in [6.07, 6.45) is -4.61. The second kappa shape index (κ2) is 15.7. The third-order valence-electron chi connectivity index (χ3n) is 8.42. The van der Waals surface area contributed by atoms with Crippen LogP contribution >= 0.6 is 0 Å². The van der Waals surface area contributed by atoms with Gasteiger partial charge in [0.25, 0.3) is 0 Å². The van der Waals surface area contributed by atoms with E-state index in [1.807, 2.05) is 36.4 Å². The molecule has 2 aromatic carbocycles. The molecule has 1 N–H and O–H groups in total. The number of aliphatic hydroxyl groups excluding tert-OH is 1. The van der Waals surface area contributed by atoms with Crippen LogP contribution in [0.15, 0.2) is 60.7 Å². The Bertz CT molecular complexity index is 1410. The Hall–Kier alpha value is -4.01. The summed E-state index contributed by atoms with van der Waals surface area (Å²) in [7, 11) is 1.33.